The van der Waals surface area contributed by atoms with Gasteiger partial charge in [-0.05, 0) is 29.8 Å². The van der Waals surface area contributed by atoms with Crippen LogP contribution >= 0.6 is 0 Å². The first-order valence-electron chi connectivity index (χ1n) is 9.70. The molecule has 3 aromatic rings. The molecule has 0 aliphatic carbocycles. The van der Waals surface area contributed by atoms with Crippen LogP contribution in [0.1, 0.15) is 21.5 Å². The third-order valence-electron chi connectivity index (χ3n) is 4.33. The molecule has 0 spiro atoms. The molecule has 0 radical (unpaired) electrons. The van der Waals surface area contributed by atoms with Gasteiger partial charge in [-0.15, -0.1) is 0 Å². The summed E-state index contributed by atoms with van der Waals surface area (Å²) >= 11 is 0. The Hall–Kier alpha value is -3.59. The fourth-order valence-corrected chi connectivity index (χ4v) is 2.69. The molecule has 0 aliphatic rings. The number of hydrogen-bond donors (Lipinski definition) is 2. The van der Waals surface area contributed by atoms with Crippen LogP contribution in [0.15, 0.2) is 72.9 Å². The molecule has 2 aromatic carbocycles. The van der Waals surface area contributed by atoms with Gasteiger partial charge in [-0.3, -0.25) is 4.79 Å². The molecule has 1 amide bonds. The van der Waals surface area contributed by atoms with Gasteiger partial charge in [-0.2, -0.15) is 13.2 Å². The first-order chi connectivity index (χ1) is 15.3. The highest BCUT2D eigenvalue weighted by Crippen LogP contribution is 2.31. The van der Waals surface area contributed by atoms with E-state index in [1.165, 1.54) is 30.5 Å². The fourth-order valence-electron chi connectivity index (χ4n) is 2.69. The maximum absolute atomic E-state index is 12.7. The number of carbonyl (C=O) groups is 1. The lowest BCUT2D eigenvalue weighted by Crippen LogP contribution is -2.35. The van der Waals surface area contributed by atoms with Crippen LogP contribution in [0.3, 0.4) is 0 Å². The largest absolute Gasteiger partial charge is 0.491 e. The molecule has 2 N–H and O–H groups in total. The van der Waals surface area contributed by atoms with Crippen molar-refractivity contribution >= 4 is 5.91 Å². The SMILES string of the molecule is O=C(NCC(O)COc1cccc(C(F)(F)F)c1)c1ccnc(OCc2ccccc2)c1. The molecule has 6 nitrogen and oxygen atoms in total. The van der Waals surface area contributed by atoms with Crippen molar-refractivity contribution in [3.63, 3.8) is 0 Å². The maximum atomic E-state index is 12.7. The van der Waals surface area contributed by atoms with Gasteiger partial charge in [-0.25, -0.2) is 4.98 Å². The normalized spacial score (nSPS) is 12.1. The molecule has 0 aliphatic heterocycles. The molecule has 0 saturated carbocycles. The van der Waals surface area contributed by atoms with Crippen LogP contribution < -0.4 is 14.8 Å². The number of aliphatic hydroxyl groups is 1. The predicted octanol–water partition coefficient (Wildman–Crippen LogP) is 3.85. The molecule has 3 rings (SSSR count). The van der Waals surface area contributed by atoms with Crippen LogP contribution in [0.4, 0.5) is 13.2 Å². The Morgan fingerprint density at radius 1 is 1.03 bits per heavy atom. The second-order valence-corrected chi connectivity index (χ2v) is 6.86. The van der Waals surface area contributed by atoms with E-state index in [0.717, 1.165) is 17.7 Å². The van der Waals surface area contributed by atoms with Gasteiger partial charge in [0.15, 0.2) is 0 Å². The number of nitrogens with zero attached hydrogens (tertiary/aromatic N) is 1. The minimum Gasteiger partial charge on any atom is -0.491 e. The Morgan fingerprint density at radius 3 is 2.56 bits per heavy atom. The molecule has 0 saturated heterocycles. The van der Waals surface area contributed by atoms with Crippen molar-refractivity contribution < 1.29 is 32.5 Å². The second kappa shape index (κ2) is 10.6. The van der Waals surface area contributed by atoms with Crippen molar-refractivity contribution in [3.05, 3.63) is 89.6 Å². The lowest BCUT2D eigenvalue weighted by Gasteiger charge is -2.14. The zero-order valence-corrected chi connectivity index (χ0v) is 16.9. The van der Waals surface area contributed by atoms with Gasteiger partial charge in [-0.1, -0.05) is 36.4 Å². The smallest absolute Gasteiger partial charge is 0.416 e. The Balaban J connectivity index is 1.47. The summed E-state index contributed by atoms with van der Waals surface area (Å²) in [6, 6.07) is 16.8. The standard InChI is InChI=1S/C23H21F3N2O4/c24-23(25,26)18-7-4-8-20(12-18)31-15-19(29)13-28-22(30)17-9-10-27-21(11-17)32-14-16-5-2-1-3-6-16/h1-12,19,29H,13-15H2,(H,28,30). The highest BCUT2D eigenvalue weighted by Gasteiger charge is 2.30. The van der Waals surface area contributed by atoms with Crippen LogP contribution in [-0.4, -0.2) is 35.3 Å². The summed E-state index contributed by atoms with van der Waals surface area (Å²) in [5, 5.41) is 12.5. The lowest BCUT2D eigenvalue weighted by molar-refractivity contribution is -0.137. The van der Waals surface area contributed by atoms with E-state index >= 15 is 0 Å². The first-order valence-corrected chi connectivity index (χ1v) is 9.70. The number of benzene rings is 2. The summed E-state index contributed by atoms with van der Waals surface area (Å²) in [5.41, 5.74) is 0.392. The summed E-state index contributed by atoms with van der Waals surface area (Å²) < 4.78 is 49.0. The topological polar surface area (TPSA) is 80.7 Å². The fraction of sp³-hybridized carbons (Fsp3) is 0.217. The number of rotatable bonds is 9. The summed E-state index contributed by atoms with van der Waals surface area (Å²) in [5.74, 6) is -0.218. The Labute approximate surface area is 182 Å². The number of alkyl halides is 3. The van der Waals surface area contributed by atoms with E-state index < -0.39 is 23.8 Å². The van der Waals surface area contributed by atoms with Crippen molar-refractivity contribution in [2.45, 2.75) is 18.9 Å². The molecule has 1 unspecified atom stereocenters. The van der Waals surface area contributed by atoms with E-state index in [1.54, 1.807) is 0 Å². The molecule has 1 heterocycles. The Kier molecular flexibility index (Phi) is 7.67. The maximum Gasteiger partial charge on any atom is 0.416 e. The number of ether oxygens (including phenoxy) is 2. The van der Waals surface area contributed by atoms with E-state index in [9.17, 15) is 23.1 Å². The average Bonchev–Trinajstić information content (AvgIpc) is 2.80. The quantitative estimate of drug-likeness (QED) is 0.522. The monoisotopic (exact) mass is 446 g/mol. The van der Waals surface area contributed by atoms with Crippen molar-refractivity contribution in [3.8, 4) is 11.6 Å². The number of hydrogen-bond acceptors (Lipinski definition) is 5. The van der Waals surface area contributed by atoms with Gasteiger partial charge in [0.1, 0.15) is 25.1 Å². The highest BCUT2D eigenvalue weighted by atomic mass is 19.4. The third-order valence-corrected chi connectivity index (χ3v) is 4.33. The van der Waals surface area contributed by atoms with E-state index in [0.29, 0.717) is 6.61 Å². The zero-order chi connectivity index (χ0) is 23.0. The van der Waals surface area contributed by atoms with Gasteiger partial charge in [0.2, 0.25) is 5.88 Å². The third kappa shape index (κ3) is 6.98. The molecule has 32 heavy (non-hydrogen) atoms. The molecule has 0 bridgehead atoms. The van der Waals surface area contributed by atoms with E-state index in [-0.39, 0.29) is 30.3 Å². The number of nitrogens with one attached hydrogen (secondary N) is 1. The van der Waals surface area contributed by atoms with Crippen LogP contribution in [0.2, 0.25) is 0 Å². The molecule has 168 valence electrons. The summed E-state index contributed by atoms with van der Waals surface area (Å²) in [6.07, 6.45) is -4.17. The highest BCUT2D eigenvalue weighted by molar-refractivity contribution is 5.94. The van der Waals surface area contributed by atoms with Crippen molar-refractivity contribution in [2.24, 2.45) is 0 Å². The average molecular weight is 446 g/mol. The molecule has 9 heteroatoms. The first kappa shape index (κ1) is 23.1. The minimum atomic E-state index is -4.49. The van der Waals surface area contributed by atoms with E-state index in [2.05, 4.69) is 10.3 Å². The van der Waals surface area contributed by atoms with Crippen LogP contribution in [-0.2, 0) is 12.8 Å². The van der Waals surface area contributed by atoms with Crippen molar-refractivity contribution in [1.82, 2.24) is 10.3 Å². The van der Waals surface area contributed by atoms with Crippen LogP contribution in [0.25, 0.3) is 0 Å². The van der Waals surface area contributed by atoms with E-state index in [1.807, 2.05) is 30.3 Å². The summed E-state index contributed by atoms with van der Waals surface area (Å²) in [7, 11) is 0. The number of amides is 1. The zero-order valence-electron chi connectivity index (χ0n) is 16.9. The van der Waals surface area contributed by atoms with Crippen molar-refractivity contribution in [1.29, 1.82) is 0 Å². The summed E-state index contributed by atoms with van der Waals surface area (Å²) in [6.45, 7) is -0.145. The Bertz CT molecular complexity index is 1030. The van der Waals surface area contributed by atoms with Gasteiger partial charge in [0.25, 0.3) is 5.91 Å². The summed E-state index contributed by atoms with van der Waals surface area (Å²) in [4.78, 5) is 16.4. The van der Waals surface area contributed by atoms with Gasteiger partial charge in [0, 0.05) is 24.4 Å². The molecular weight excluding hydrogens is 425 g/mol. The predicted molar refractivity (Wildman–Crippen MR) is 110 cm³/mol. The number of halogens is 3. The van der Waals surface area contributed by atoms with Crippen molar-refractivity contribution in [2.75, 3.05) is 13.2 Å². The van der Waals surface area contributed by atoms with Gasteiger partial charge in [0.05, 0.1) is 5.56 Å². The van der Waals surface area contributed by atoms with Gasteiger partial charge < -0.3 is 19.9 Å². The Morgan fingerprint density at radius 2 is 1.81 bits per heavy atom. The van der Waals surface area contributed by atoms with Gasteiger partial charge >= 0.3 is 6.18 Å². The van der Waals surface area contributed by atoms with Crippen LogP contribution in [0.5, 0.6) is 11.6 Å². The molecular formula is C23H21F3N2O4. The molecule has 1 atom stereocenters. The number of aromatic nitrogens is 1. The molecule has 0 fully saturated rings. The molecule has 1 aromatic heterocycles. The minimum absolute atomic E-state index is 0.0282. The van der Waals surface area contributed by atoms with E-state index in [4.69, 9.17) is 9.47 Å². The van der Waals surface area contributed by atoms with Crippen LogP contribution in [0, 0.1) is 0 Å². The second-order valence-electron chi connectivity index (χ2n) is 6.86. The number of carbonyl (C=O) groups excluding carboxylic acids is 1. The number of aliphatic hydroxyl groups excluding tert-OH is 1. The lowest BCUT2D eigenvalue weighted by atomic mass is 10.2. The number of pyridine rings is 1.